The number of nitrogens with one attached hydrogen (secondary N) is 1. The van der Waals surface area contributed by atoms with Gasteiger partial charge in [0, 0.05) is 19.9 Å². The average Bonchev–Trinajstić information content (AvgIpc) is 2.53. The highest BCUT2D eigenvalue weighted by molar-refractivity contribution is 5.83. The largest absolute Gasteiger partial charge is 0.480 e. The van der Waals surface area contributed by atoms with E-state index in [2.05, 4.69) is 9.97 Å². The zero-order chi connectivity index (χ0) is 17.0. The van der Waals surface area contributed by atoms with E-state index in [-0.39, 0.29) is 17.9 Å². The lowest BCUT2D eigenvalue weighted by atomic mass is 10.2. The number of carbonyl (C=O) groups is 2. The highest BCUT2D eigenvalue weighted by Crippen LogP contribution is 2.08. The van der Waals surface area contributed by atoms with Crippen LogP contribution in [-0.2, 0) is 16.0 Å². The molecular formula is C16H19N3O4. The van der Waals surface area contributed by atoms with Gasteiger partial charge in [-0.2, -0.15) is 0 Å². The van der Waals surface area contributed by atoms with Crippen molar-refractivity contribution >= 4 is 22.8 Å². The number of hydrogen-bond donors (Lipinski definition) is 2. The summed E-state index contributed by atoms with van der Waals surface area (Å²) in [6, 6.07) is 6.20. The summed E-state index contributed by atoms with van der Waals surface area (Å²) in [6.45, 7) is 1.46. The lowest BCUT2D eigenvalue weighted by molar-refractivity contribution is -0.148. The number of amides is 1. The van der Waals surface area contributed by atoms with Crippen LogP contribution in [0.3, 0.4) is 0 Å². The van der Waals surface area contributed by atoms with Crippen LogP contribution in [0.1, 0.15) is 25.6 Å². The summed E-state index contributed by atoms with van der Waals surface area (Å²) in [4.78, 5) is 43.0. The van der Waals surface area contributed by atoms with Crippen molar-refractivity contribution in [2.75, 3.05) is 7.05 Å². The number of likely N-dealkylation sites (N-methyl/N-ethyl adjacent to an activating group) is 1. The van der Waals surface area contributed by atoms with Crippen LogP contribution in [0.4, 0.5) is 0 Å². The Morgan fingerprint density at radius 3 is 2.74 bits per heavy atom. The van der Waals surface area contributed by atoms with Gasteiger partial charge in [-0.3, -0.25) is 9.59 Å². The Balaban J connectivity index is 1.98. The number of H-pyrrole nitrogens is 1. The second-order valence-electron chi connectivity index (χ2n) is 5.40. The van der Waals surface area contributed by atoms with Crippen LogP contribution in [0.15, 0.2) is 29.1 Å². The molecule has 0 aliphatic rings. The van der Waals surface area contributed by atoms with E-state index in [1.165, 1.54) is 18.9 Å². The van der Waals surface area contributed by atoms with Crippen molar-refractivity contribution < 1.29 is 14.7 Å². The molecule has 0 aliphatic heterocycles. The van der Waals surface area contributed by atoms with E-state index in [1.807, 2.05) is 6.07 Å². The standard InChI is InChI=1S/C16H19N3O4/c1-10(16(22)23)19(2)14(20)9-5-8-13-17-12-7-4-3-6-11(12)15(21)18-13/h3-4,6-7,10H,5,8-9H2,1-2H3,(H,22,23)(H,17,18,21). The summed E-state index contributed by atoms with van der Waals surface area (Å²) in [7, 11) is 1.47. The molecule has 2 rings (SSSR count). The first-order valence-corrected chi connectivity index (χ1v) is 7.36. The summed E-state index contributed by atoms with van der Waals surface area (Å²) in [5.41, 5.74) is 0.419. The molecule has 7 heteroatoms. The molecule has 1 unspecified atom stereocenters. The lowest BCUT2D eigenvalue weighted by Gasteiger charge is -2.21. The number of nitrogens with zero attached hydrogens (tertiary/aromatic N) is 2. The molecule has 1 aromatic carbocycles. The predicted octanol–water partition coefficient (Wildman–Crippen LogP) is 1.18. The van der Waals surface area contributed by atoms with E-state index in [9.17, 15) is 14.4 Å². The molecule has 1 amide bonds. The van der Waals surface area contributed by atoms with Crippen molar-refractivity contribution in [2.24, 2.45) is 0 Å². The van der Waals surface area contributed by atoms with Crippen molar-refractivity contribution in [3.63, 3.8) is 0 Å². The van der Waals surface area contributed by atoms with E-state index in [0.717, 1.165) is 0 Å². The fraction of sp³-hybridized carbons (Fsp3) is 0.375. The molecule has 1 heterocycles. The van der Waals surface area contributed by atoms with Gasteiger partial charge in [0.15, 0.2) is 0 Å². The summed E-state index contributed by atoms with van der Waals surface area (Å²) in [5.74, 6) is -0.764. The maximum atomic E-state index is 11.9. The molecule has 0 saturated carbocycles. The molecule has 2 N–H and O–H groups in total. The summed E-state index contributed by atoms with van der Waals surface area (Å²) >= 11 is 0. The molecule has 7 nitrogen and oxygen atoms in total. The summed E-state index contributed by atoms with van der Waals surface area (Å²) < 4.78 is 0. The SMILES string of the molecule is CC(C(=O)O)N(C)C(=O)CCCc1nc2ccccc2c(=O)[nH]1. The molecular weight excluding hydrogens is 298 g/mol. The van der Waals surface area contributed by atoms with E-state index in [1.54, 1.807) is 18.2 Å². The molecule has 0 radical (unpaired) electrons. The number of hydrogen-bond acceptors (Lipinski definition) is 4. The van der Waals surface area contributed by atoms with Crippen LogP contribution < -0.4 is 5.56 Å². The fourth-order valence-electron chi connectivity index (χ4n) is 2.22. The van der Waals surface area contributed by atoms with Crippen LogP contribution in [-0.4, -0.2) is 44.9 Å². The number of benzene rings is 1. The number of carbonyl (C=O) groups excluding carboxylic acids is 1. The Morgan fingerprint density at radius 1 is 1.35 bits per heavy atom. The Hall–Kier alpha value is -2.70. The molecule has 23 heavy (non-hydrogen) atoms. The van der Waals surface area contributed by atoms with Crippen molar-refractivity contribution in [1.82, 2.24) is 14.9 Å². The quantitative estimate of drug-likeness (QED) is 0.832. The zero-order valence-corrected chi connectivity index (χ0v) is 13.1. The zero-order valence-electron chi connectivity index (χ0n) is 13.1. The molecule has 0 aliphatic carbocycles. The number of carboxylic acid groups (broad SMARTS) is 1. The first kappa shape index (κ1) is 16.7. The Kier molecular flexibility index (Phi) is 5.10. The molecule has 122 valence electrons. The minimum absolute atomic E-state index is 0.199. The number of para-hydroxylation sites is 1. The number of aromatic amines is 1. The minimum Gasteiger partial charge on any atom is -0.480 e. The normalized spacial score (nSPS) is 12.1. The van der Waals surface area contributed by atoms with Crippen molar-refractivity contribution in [1.29, 1.82) is 0 Å². The molecule has 0 spiro atoms. The van der Waals surface area contributed by atoms with Crippen LogP contribution in [0, 0.1) is 0 Å². The van der Waals surface area contributed by atoms with Crippen molar-refractivity contribution in [3.8, 4) is 0 Å². The van der Waals surface area contributed by atoms with Gasteiger partial charge in [0.1, 0.15) is 11.9 Å². The molecule has 1 aromatic heterocycles. The van der Waals surface area contributed by atoms with E-state index in [4.69, 9.17) is 5.11 Å². The number of aryl methyl sites for hydroxylation is 1. The number of fused-ring (bicyclic) bond motifs is 1. The van der Waals surface area contributed by atoms with Crippen molar-refractivity contribution in [2.45, 2.75) is 32.2 Å². The van der Waals surface area contributed by atoms with Gasteiger partial charge < -0.3 is 15.0 Å². The third-order valence-electron chi connectivity index (χ3n) is 3.80. The van der Waals surface area contributed by atoms with Gasteiger partial charge in [-0.1, -0.05) is 12.1 Å². The molecule has 1 atom stereocenters. The average molecular weight is 317 g/mol. The van der Waals surface area contributed by atoms with Gasteiger partial charge in [-0.05, 0) is 25.5 Å². The fourth-order valence-corrected chi connectivity index (χ4v) is 2.22. The third kappa shape index (κ3) is 3.94. The third-order valence-corrected chi connectivity index (χ3v) is 3.80. The van der Waals surface area contributed by atoms with E-state index < -0.39 is 12.0 Å². The van der Waals surface area contributed by atoms with Gasteiger partial charge in [-0.15, -0.1) is 0 Å². The highest BCUT2D eigenvalue weighted by atomic mass is 16.4. The maximum Gasteiger partial charge on any atom is 0.326 e. The number of carboxylic acids is 1. The minimum atomic E-state index is -1.04. The molecule has 2 aromatic rings. The second-order valence-corrected chi connectivity index (χ2v) is 5.40. The molecule has 0 fully saturated rings. The van der Waals surface area contributed by atoms with Crippen LogP contribution in [0.25, 0.3) is 10.9 Å². The first-order chi connectivity index (χ1) is 10.9. The van der Waals surface area contributed by atoms with Crippen LogP contribution >= 0.6 is 0 Å². The van der Waals surface area contributed by atoms with E-state index in [0.29, 0.717) is 29.6 Å². The van der Waals surface area contributed by atoms with Crippen LogP contribution in [0.5, 0.6) is 0 Å². The Labute approximate surface area is 133 Å². The molecule has 0 saturated heterocycles. The van der Waals surface area contributed by atoms with Crippen LogP contribution in [0.2, 0.25) is 0 Å². The van der Waals surface area contributed by atoms with Gasteiger partial charge in [-0.25, -0.2) is 9.78 Å². The van der Waals surface area contributed by atoms with Gasteiger partial charge in [0.2, 0.25) is 5.91 Å². The number of rotatable bonds is 6. The number of aromatic nitrogens is 2. The van der Waals surface area contributed by atoms with Gasteiger partial charge in [0.25, 0.3) is 5.56 Å². The molecule has 0 bridgehead atoms. The predicted molar refractivity (Wildman–Crippen MR) is 85.2 cm³/mol. The summed E-state index contributed by atoms with van der Waals surface area (Å²) in [6.07, 6.45) is 1.13. The van der Waals surface area contributed by atoms with Gasteiger partial charge >= 0.3 is 5.97 Å². The second kappa shape index (κ2) is 7.04. The Morgan fingerprint density at radius 2 is 2.04 bits per heavy atom. The van der Waals surface area contributed by atoms with E-state index >= 15 is 0 Å². The topological polar surface area (TPSA) is 103 Å². The van der Waals surface area contributed by atoms with Crippen molar-refractivity contribution in [3.05, 3.63) is 40.4 Å². The Bertz CT molecular complexity index is 784. The first-order valence-electron chi connectivity index (χ1n) is 7.36. The maximum absolute atomic E-state index is 11.9. The number of aliphatic carboxylic acids is 1. The van der Waals surface area contributed by atoms with Gasteiger partial charge in [0.05, 0.1) is 10.9 Å². The smallest absolute Gasteiger partial charge is 0.326 e. The monoisotopic (exact) mass is 317 g/mol. The highest BCUT2D eigenvalue weighted by Gasteiger charge is 2.21. The lowest BCUT2D eigenvalue weighted by Crippen LogP contribution is -2.40. The summed E-state index contributed by atoms with van der Waals surface area (Å²) in [5, 5.41) is 9.42.